The van der Waals surface area contributed by atoms with Crippen molar-refractivity contribution in [2.24, 2.45) is 0 Å². The van der Waals surface area contributed by atoms with Crippen LogP contribution in [-0.2, 0) is 4.79 Å². The lowest BCUT2D eigenvalue weighted by atomic mass is 10.4. The number of hydrogen-bond donors (Lipinski definition) is 3. The van der Waals surface area contributed by atoms with Gasteiger partial charge >= 0.3 is 0 Å². The molecule has 0 saturated carbocycles. The van der Waals surface area contributed by atoms with Crippen molar-refractivity contribution in [1.29, 1.82) is 11.1 Å². The number of rotatable bonds is 2. The van der Waals surface area contributed by atoms with Crippen molar-refractivity contribution in [3.05, 3.63) is 12.7 Å². The summed E-state index contributed by atoms with van der Waals surface area (Å²) in [7, 11) is 0. The molecule has 0 atom stereocenters. The maximum absolute atomic E-state index is 10.4. The fourth-order valence-electron chi connectivity index (χ4n) is 0.343. The lowest BCUT2D eigenvalue weighted by Crippen LogP contribution is -2.27. The Kier molecular flexibility index (Phi) is 9.47. The van der Waals surface area contributed by atoms with E-state index in [9.17, 15) is 4.79 Å². The van der Waals surface area contributed by atoms with Crippen LogP contribution in [0, 0.1) is 11.1 Å². The molecule has 0 saturated heterocycles. The summed E-state index contributed by atoms with van der Waals surface area (Å²) in [4.78, 5) is 12.4. The standard InChI is InChI=1S/C6H11NO.H2N3/c1-4-6(8)7-5(2)3;1-3-2/h4-5H,1H2,2-3H3,(H,7,8);1-2H/q;+1. The van der Waals surface area contributed by atoms with E-state index in [1.807, 2.05) is 18.8 Å². The second-order valence-electron chi connectivity index (χ2n) is 1.98. The zero-order valence-electron chi connectivity index (χ0n) is 6.72. The average molecular weight is 157 g/mol. The molecule has 5 nitrogen and oxygen atoms in total. The van der Waals surface area contributed by atoms with E-state index in [-0.39, 0.29) is 11.9 Å². The largest absolute Gasteiger partial charge is 0.350 e. The molecule has 0 aromatic heterocycles. The third-order valence-corrected chi connectivity index (χ3v) is 0.616. The topological polar surface area (TPSA) is 90.9 Å². The number of carbonyl (C=O) groups is 1. The van der Waals surface area contributed by atoms with E-state index < -0.39 is 0 Å². The third kappa shape index (κ3) is 17.7. The monoisotopic (exact) mass is 157 g/mol. The minimum atomic E-state index is -0.111. The van der Waals surface area contributed by atoms with E-state index >= 15 is 0 Å². The Balaban J connectivity index is 0. The van der Waals surface area contributed by atoms with E-state index in [0.29, 0.717) is 0 Å². The lowest BCUT2D eigenvalue weighted by Gasteiger charge is -2.02. The van der Waals surface area contributed by atoms with Crippen LogP contribution in [0.5, 0.6) is 0 Å². The Morgan fingerprint density at radius 1 is 1.64 bits per heavy atom. The summed E-state index contributed by atoms with van der Waals surface area (Å²) >= 11 is 0. The molecular weight excluding hydrogens is 144 g/mol. The normalized spacial score (nSPS) is 7.18. The second-order valence-corrected chi connectivity index (χ2v) is 1.98. The van der Waals surface area contributed by atoms with Crippen LogP contribution in [0.15, 0.2) is 12.7 Å². The first kappa shape index (κ1) is 12.2. The summed E-state index contributed by atoms with van der Waals surface area (Å²) in [5.41, 5.74) is 11.0. The highest BCUT2D eigenvalue weighted by Crippen LogP contribution is 1.75. The smallest absolute Gasteiger partial charge is 0.243 e. The van der Waals surface area contributed by atoms with Crippen LogP contribution in [0.4, 0.5) is 0 Å². The highest BCUT2D eigenvalue weighted by Gasteiger charge is 1.93. The Morgan fingerprint density at radius 3 is 2.09 bits per heavy atom. The molecule has 0 aromatic carbocycles. The number of nitrogens with one attached hydrogen (secondary N) is 3. The van der Waals surface area contributed by atoms with E-state index in [0.717, 1.165) is 0 Å². The van der Waals surface area contributed by atoms with Gasteiger partial charge in [0.2, 0.25) is 10.8 Å². The fraction of sp³-hybridized carbons (Fsp3) is 0.500. The zero-order chi connectivity index (χ0) is 9.28. The van der Waals surface area contributed by atoms with Crippen molar-refractivity contribution in [1.82, 2.24) is 10.2 Å². The van der Waals surface area contributed by atoms with Gasteiger partial charge in [0.25, 0.3) is 0 Å². The molecule has 0 rings (SSSR count). The third-order valence-electron chi connectivity index (χ3n) is 0.616. The highest BCUT2D eigenvalue weighted by atomic mass is 16.1. The molecular formula is C6H13N4O+. The van der Waals surface area contributed by atoms with Crippen molar-refractivity contribution >= 4 is 5.91 Å². The molecule has 11 heavy (non-hydrogen) atoms. The first-order valence-electron chi connectivity index (χ1n) is 3.04. The first-order chi connectivity index (χ1) is 5.08. The summed E-state index contributed by atoms with van der Waals surface area (Å²) in [6, 6.07) is 0.209. The van der Waals surface area contributed by atoms with Gasteiger partial charge in [0.05, 0.1) is 0 Å². The molecule has 0 aliphatic rings. The molecule has 1 amide bonds. The maximum atomic E-state index is 10.4. The van der Waals surface area contributed by atoms with Gasteiger partial charge in [0.15, 0.2) is 0 Å². The van der Waals surface area contributed by atoms with Gasteiger partial charge < -0.3 is 5.32 Å². The quantitative estimate of drug-likeness (QED) is 0.309. The van der Waals surface area contributed by atoms with Gasteiger partial charge in [-0.2, -0.15) is 0 Å². The Labute approximate surface area is 65.5 Å². The average Bonchev–Trinajstić information content (AvgIpc) is 1.88. The van der Waals surface area contributed by atoms with Crippen molar-refractivity contribution in [2.45, 2.75) is 19.9 Å². The minimum absolute atomic E-state index is 0.111. The molecule has 0 heterocycles. The Hall–Kier alpha value is -1.48. The summed E-state index contributed by atoms with van der Waals surface area (Å²) < 4.78 is 0. The van der Waals surface area contributed by atoms with Gasteiger partial charge in [-0.05, 0) is 19.9 Å². The highest BCUT2D eigenvalue weighted by molar-refractivity contribution is 5.86. The summed E-state index contributed by atoms with van der Waals surface area (Å²) in [5.74, 6) is -0.111. The fourth-order valence-corrected chi connectivity index (χ4v) is 0.343. The SMILES string of the molecule is C=CC(=O)NC(C)C.N=[N+]=N. The molecule has 62 valence electrons. The maximum Gasteiger partial charge on any atom is 0.243 e. The number of nitrogens with zero attached hydrogens (tertiary/aromatic N) is 1. The predicted molar refractivity (Wildman–Crippen MR) is 41.0 cm³/mol. The van der Waals surface area contributed by atoms with Gasteiger partial charge in [-0.1, -0.05) is 6.58 Å². The van der Waals surface area contributed by atoms with E-state index in [1.165, 1.54) is 6.08 Å². The molecule has 0 bridgehead atoms. The van der Waals surface area contributed by atoms with Crippen LogP contribution >= 0.6 is 0 Å². The van der Waals surface area contributed by atoms with E-state index in [4.69, 9.17) is 11.1 Å². The van der Waals surface area contributed by atoms with Gasteiger partial charge in [-0.15, -0.1) is 0 Å². The number of carbonyl (C=O) groups excluding carboxylic acids is 1. The van der Waals surface area contributed by atoms with Gasteiger partial charge in [0.1, 0.15) is 11.1 Å². The molecule has 0 radical (unpaired) electrons. The summed E-state index contributed by atoms with van der Waals surface area (Å²) in [6.45, 7) is 7.11. The lowest BCUT2D eigenvalue weighted by molar-refractivity contribution is -0.116. The minimum Gasteiger partial charge on any atom is -0.350 e. The van der Waals surface area contributed by atoms with Crippen molar-refractivity contribution in [3.8, 4) is 0 Å². The van der Waals surface area contributed by atoms with Gasteiger partial charge in [0, 0.05) is 6.04 Å². The molecule has 0 unspecified atom stereocenters. The van der Waals surface area contributed by atoms with Crippen LogP contribution in [0.25, 0.3) is 0 Å². The first-order valence-corrected chi connectivity index (χ1v) is 3.04. The van der Waals surface area contributed by atoms with Crippen LogP contribution in [0.1, 0.15) is 13.8 Å². The van der Waals surface area contributed by atoms with Crippen LogP contribution in [0.2, 0.25) is 0 Å². The van der Waals surface area contributed by atoms with Crippen LogP contribution in [0.3, 0.4) is 0 Å². The van der Waals surface area contributed by atoms with Crippen LogP contribution in [-0.4, -0.2) is 11.9 Å². The van der Waals surface area contributed by atoms with Crippen LogP contribution < -0.4 is 10.2 Å². The molecule has 0 spiro atoms. The number of hydrogen-bond acceptors (Lipinski definition) is 3. The molecule has 0 aliphatic carbocycles. The van der Waals surface area contributed by atoms with Gasteiger partial charge in [-0.25, -0.2) is 0 Å². The van der Waals surface area contributed by atoms with Crippen molar-refractivity contribution in [3.63, 3.8) is 0 Å². The van der Waals surface area contributed by atoms with E-state index in [1.54, 1.807) is 0 Å². The molecule has 0 fully saturated rings. The molecule has 5 heteroatoms. The predicted octanol–water partition coefficient (Wildman–Crippen LogP) is 0.813. The van der Waals surface area contributed by atoms with E-state index in [2.05, 4.69) is 11.9 Å². The van der Waals surface area contributed by atoms with Crippen molar-refractivity contribution in [2.75, 3.05) is 0 Å². The zero-order valence-corrected chi connectivity index (χ0v) is 6.72. The number of amides is 1. The Morgan fingerprint density at radius 2 is 2.00 bits per heavy atom. The second kappa shape index (κ2) is 8.52. The Bertz CT molecular complexity index is 158. The summed E-state index contributed by atoms with van der Waals surface area (Å²) in [6.07, 6.45) is 1.26. The van der Waals surface area contributed by atoms with Gasteiger partial charge in [-0.3, -0.25) is 4.79 Å². The van der Waals surface area contributed by atoms with Crippen molar-refractivity contribution < 1.29 is 4.79 Å². The molecule has 3 N–H and O–H groups in total. The molecule has 0 aliphatic heterocycles. The summed E-state index contributed by atoms with van der Waals surface area (Å²) in [5, 5.41) is 2.64. The molecule has 0 aromatic rings.